The Balaban J connectivity index is 1.84. The van der Waals surface area contributed by atoms with E-state index in [-0.39, 0.29) is 24.3 Å². The lowest BCUT2D eigenvalue weighted by atomic mass is 10.1. The lowest BCUT2D eigenvalue weighted by Gasteiger charge is -2.18. The summed E-state index contributed by atoms with van der Waals surface area (Å²) in [5, 5.41) is 6.27. The van der Waals surface area contributed by atoms with E-state index in [4.69, 9.17) is 9.47 Å². The van der Waals surface area contributed by atoms with Gasteiger partial charge in [0.2, 0.25) is 0 Å². The number of benzene rings is 2. The van der Waals surface area contributed by atoms with Crippen molar-refractivity contribution in [3.8, 4) is 5.75 Å². The van der Waals surface area contributed by atoms with E-state index >= 15 is 0 Å². The summed E-state index contributed by atoms with van der Waals surface area (Å²) in [4.78, 5) is 4.14. The topological polar surface area (TPSA) is 54.9 Å². The Morgan fingerprint density at radius 1 is 1.11 bits per heavy atom. The summed E-state index contributed by atoms with van der Waals surface area (Å²) in [6, 6.07) is 11.2. The van der Waals surface area contributed by atoms with Gasteiger partial charge in [0, 0.05) is 26.3 Å². The van der Waals surface area contributed by atoms with Crippen LogP contribution in [0.1, 0.15) is 18.1 Å². The molecule has 27 heavy (non-hydrogen) atoms. The number of guanidine groups is 1. The molecule has 0 bridgehead atoms. The number of aliphatic imine (C=N–C) groups is 1. The average molecular weight is 377 g/mol. The Morgan fingerprint density at radius 3 is 2.59 bits per heavy atom. The molecule has 0 saturated heterocycles. The molecule has 146 valence electrons. The molecule has 1 unspecified atom stereocenters. The predicted octanol–water partition coefficient (Wildman–Crippen LogP) is 3.24. The number of rotatable bonds is 8. The molecule has 0 aliphatic rings. The van der Waals surface area contributed by atoms with Crippen LogP contribution in [-0.2, 0) is 17.9 Å². The largest absolute Gasteiger partial charge is 0.486 e. The van der Waals surface area contributed by atoms with Crippen molar-refractivity contribution in [1.82, 2.24) is 10.6 Å². The minimum Gasteiger partial charge on any atom is -0.486 e. The predicted molar refractivity (Wildman–Crippen MR) is 102 cm³/mol. The second-order valence-electron chi connectivity index (χ2n) is 6.02. The van der Waals surface area contributed by atoms with Gasteiger partial charge in [-0.15, -0.1) is 0 Å². The molecule has 0 saturated carbocycles. The zero-order valence-electron chi connectivity index (χ0n) is 15.8. The van der Waals surface area contributed by atoms with E-state index in [0.29, 0.717) is 24.6 Å². The third-order valence-electron chi connectivity index (χ3n) is 3.82. The van der Waals surface area contributed by atoms with Crippen molar-refractivity contribution in [2.24, 2.45) is 4.99 Å². The van der Waals surface area contributed by atoms with Crippen LogP contribution in [0, 0.1) is 11.6 Å². The second kappa shape index (κ2) is 10.5. The third kappa shape index (κ3) is 6.53. The summed E-state index contributed by atoms with van der Waals surface area (Å²) in [6.07, 6.45) is -0.264. The Bertz CT molecular complexity index is 769. The maximum Gasteiger partial charge on any atom is 0.191 e. The van der Waals surface area contributed by atoms with Crippen LogP contribution in [0.3, 0.4) is 0 Å². The monoisotopic (exact) mass is 377 g/mol. The van der Waals surface area contributed by atoms with E-state index in [2.05, 4.69) is 15.6 Å². The quantitative estimate of drug-likeness (QED) is 0.548. The maximum atomic E-state index is 13.7. The van der Waals surface area contributed by atoms with Gasteiger partial charge < -0.3 is 20.1 Å². The van der Waals surface area contributed by atoms with E-state index in [1.165, 1.54) is 19.2 Å². The van der Waals surface area contributed by atoms with Crippen LogP contribution < -0.4 is 15.4 Å². The van der Waals surface area contributed by atoms with Gasteiger partial charge in [0.25, 0.3) is 0 Å². The lowest BCUT2D eigenvalue weighted by Crippen LogP contribution is -2.41. The number of halogens is 2. The van der Waals surface area contributed by atoms with Crippen LogP contribution >= 0.6 is 0 Å². The first kappa shape index (κ1) is 20.6. The number of hydrogen-bond donors (Lipinski definition) is 2. The molecular formula is C20H25F2N3O2. The summed E-state index contributed by atoms with van der Waals surface area (Å²) in [5.74, 6) is 0.0978. The van der Waals surface area contributed by atoms with Crippen molar-refractivity contribution < 1.29 is 18.3 Å². The first-order valence-corrected chi connectivity index (χ1v) is 8.65. The van der Waals surface area contributed by atoms with E-state index in [1.807, 2.05) is 6.92 Å². The van der Waals surface area contributed by atoms with Gasteiger partial charge in [-0.2, -0.15) is 0 Å². The van der Waals surface area contributed by atoms with E-state index in [0.717, 1.165) is 5.56 Å². The van der Waals surface area contributed by atoms with E-state index in [9.17, 15) is 8.78 Å². The number of nitrogens with one attached hydrogen (secondary N) is 2. The molecular weight excluding hydrogens is 352 g/mol. The molecule has 0 radical (unpaired) electrons. The molecule has 2 aromatic carbocycles. The van der Waals surface area contributed by atoms with Crippen molar-refractivity contribution in [2.45, 2.75) is 26.2 Å². The summed E-state index contributed by atoms with van der Waals surface area (Å²) in [6.45, 7) is 2.97. The Labute approximate surface area is 158 Å². The fourth-order valence-corrected chi connectivity index (χ4v) is 2.45. The summed E-state index contributed by atoms with van der Waals surface area (Å²) < 4.78 is 37.9. The number of nitrogens with zero attached hydrogens (tertiary/aromatic N) is 1. The van der Waals surface area contributed by atoms with Crippen LogP contribution in [0.25, 0.3) is 0 Å². The zero-order chi connectivity index (χ0) is 19.6. The van der Waals surface area contributed by atoms with Crippen molar-refractivity contribution >= 4 is 5.96 Å². The summed E-state index contributed by atoms with van der Waals surface area (Å²) in [7, 11) is 3.18. The molecule has 1 atom stereocenters. The van der Waals surface area contributed by atoms with Gasteiger partial charge in [-0.25, -0.2) is 8.78 Å². The molecule has 2 N–H and O–H groups in total. The van der Waals surface area contributed by atoms with Crippen LogP contribution in [-0.4, -0.2) is 32.8 Å². The SMILES string of the molecule is CN=C(NCc1ccc(F)c(COC)c1)NCC(C)Oc1ccccc1F. The molecule has 0 fully saturated rings. The number of ether oxygens (including phenoxy) is 2. The minimum absolute atomic E-state index is 0.215. The fraction of sp³-hybridized carbons (Fsp3) is 0.350. The van der Waals surface area contributed by atoms with Gasteiger partial charge in [0.05, 0.1) is 13.2 Å². The van der Waals surface area contributed by atoms with Crippen molar-refractivity contribution in [1.29, 1.82) is 0 Å². The average Bonchev–Trinajstić information content (AvgIpc) is 2.66. The molecule has 5 nitrogen and oxygen atoms in total. The first-order chi connectivity index (χ1) is 13.0. The third-order valence-corrected chi connectivity index (χ3v) is 3.82. The van der Waals surface area contributed by atoms with Crippen LogP contribution in [0.4, 0.5) is 8.78 Å². The first-order valence-electron chi connectivity index (χ1n) is 8.65. The van der Waals surface area contributed by atoms with E-state index < -0.39 is 5.82 Å². The molecule has 7 heteroatoms. The highest BCUT2D eigenvalue weighted by Crippen LogP contribution is 2.16. The number of para-hydroxylation sites is 1. The van der Waals surface area contributed by atoms with Crippen molar-refractivity contribution in [2.75, 3.05) is 20.7 Å². The Hall–Kier alpha value is -2.67. The normalized spacial score (nSPS) is 12.6. The molecule has 0 spiro atoms. The Morgan fingerprint density at radius 2 is 1.89 bits per heavy atom. The molecule has 0 aliphatic heterocycles. The van der Waals surface area contributed by atoms with Gasteiger partial charge in [-0.3, -0.25) is 4.99 Å². The highest BCUT2D eigenvalue weighted by atomic mass is 19.1. The van der Waals surface area contributed by atoms with Crippen LogP contribution in [0.2, 0.25) is 0 Å². The van der Waals surface area contributed by atoms with Crippen LogP contribution in [0.5, 0.6) is 5.75 Å². The molecule has 2 aromatic rings. The van der Waals surface area contributed by atoms with Crippen LogP contribution in [0.15, 0.2) is 47.5 Å². The van der Waals surface area contributed by atoms with Gasteiger partial charge >= 0.3 is 0 Å². The molecule has 2 rings (SSSR count). The van der Waals surface area contributed by atoms with Crippen molar-refractivity contribution in [3.63, 3.8) is 0 Å². The lowest BCUT2D eigenvalue weighted by molar-refractivity contribution is 0.181. The molecule has 0 aliphatic carbocycles. The Kier molecular flexibility index (Phi) is 8.00. The number of methoxy groups -OCH3 is 1. The van der Waals surface area contributed by atoms with Gasteiger partial charge in [0.15, 0.2) is 17.5 Å². The van der Waals surface area contributed by atoms with Gasteiger partial charge in [-0.05, 0) is 36.8 Å². The highest BCUT2D eigenvalue weighted by Gasteiger charge is 2.09. The summed E-state index contributed by atoms with van der Waals surface area (Å²) >= 11 is 0. The fourth-order valence-electron chi connectivity index (χ4n) is 2.45. The minimum atomic E-state index is -0.393. The molecule has 0 heterocycles. The smallest absolute Gasteiger partial charge is 0.191 e. The maximum absolute atomic E-state index is 13.7. The molecule has 0 amide bonds. The van der Waals surface area contributed by atoms with Gasteiger partial charge in [-0.1, -0.05) is 18.2 Å². The van der Waals surface area contributed by atoms with Crippen molar-refractivity contribution in [3.05, 3.63) is 65.2 Å². The number of hydrogen-bond acceptors (Lipinski definition) is 3. The summed E-state index contributed by atoms with van der Waals surface area (Å²) in [5.41, 5.74) is 1.41. The second-order valence-corrected chi connectivity index (χ2v) is 6.02. The van der Waals surface area contributed by atoms with E-state index in [1.54, 1.807) is 37.4 Å². The molecule has 0 aromatic heterocycles. The zero-order valence-corrected chi connectivity index (χ0v) is 15.8. The highest BCUT2D eigenvalue weighted by molar-refractivity contribution is 5.79. The standard InChI is InChI=1S/C20H25F2N3O2/c1-14(27-19-7-5-4-6-18(19)22)11-24-20(23-2)25-12-15-8-9-17(21)16(10-15)13-26-3/h4-10,14H,11-13H2,1-3H3,(H2,23,24,25). The van der Waals surface area contributed by atoms with Gasteiger partial charge in [0.1, 0.15) is 11.9 Å².